The maximum atomic E-state index is 12.6. The van der Waals surface area contributed by atoms with Crippen LogP contribution in [0.1, 0.15) is 11.1 Å². The summed E-state index contributed by atoms with van der Waals surface area (Å²) in [6, 6.07) is 13.1. The zero-order chi connectivity index (χ0) is 18.0. The average molecular weight is 483 g/mol. The lowest BCUT2D eigenvalue weighted by Crippen LogP contribution is -2.27. The first-order valence-corrected chi connectivity index (χ1v) is 9.71. The molecule has 0 unspecified atom stereocenters. The van der Waals surface area contributed by atoms with E-state index in [-0.39, 0.29) is 17.7 Å². The minimum absolute atomic E-state index is 0.255. The molecule has 2 aromatic rings. The van der Waals surface area contributed by atoms with Gasteiger partial charge in [-0.15, -0.1) is 0 Å². The van der Waals surface area contributed by atoms with Gasteiger partial charge >= 0.3 is 0 Å². The summed E-state index contributed by atoms with van der Waals surface area (Å²) in [6.07, 6.45) is 1.69. The van der Waals surface area contributed by atoms with E-state index < -0.39 is 0 Å². The van der Waals surface area contributed by atoms with Crippen LogP contribution in [-0.4, -0.2) is 23.2 Å². The van der Waals surface area contributed by atoms with Gasteiger partial charge in [0.2, 0.25) is 0 Å². The summed E-state index contributed by atoms with van der Waals surface area (Å²) in [6.45, 7) is 0.255. The van der Waals surface area contributed by atoms with Crippen LogP contribution in [0.3, 0.4) is 0 Å². The Balaban J connectivity index is 1.86. The van der Waals surface area contributed by atoms with E-state index in [1.54, 1.807) is 13.2 Å². The van der Waals surface area contributed by atoms with Gasteiger partial charge in [0.05, 0.1) is 18.6 Å². The highest BCUT2D eigenvalue weighted by Gasteiger charge is 2.35. The first-order chi connectivity index (χ1) is 12.0. The quantitative estimate of drug-likeness (QED) is 0.543. The molecule has 3 rings (SSSR count). The number of carbonyl (C=O) groups is 2. The molecule has 0 saturated carbocycles. The van der Waals surface area contributed by atoms with Gasteiger partial charge in [0, 0.05) is 14.5 Å². The third kappa shape index (κ3) is 4.16. The molecule has 0 spiro atoms. The minimum Gasteiger partial charge on any atom is -0.496 e. The van der Waals surface area contributed by atoms with Crippen molar-refractivity contribution in [3.63, 3.8) is 0 Å². The van der Waals surface area contributed by atoms with Crippen molar-refractivity contribution in [1.29, 1.82) is 0 Å². The molecule has 0 aliphatic carbocycles. The Kier molecular flexibility index (Phi) is 5.66. The molecule has 0 radical (unpaired) electrons. The number of nitrogens with zero attached hydrogens (tertiary/aromatic N) is 1. The SMILES string of the molecule is COc1ccc(Br)cc1/C=C1\SC(=O)N(Cc2ccc(Br)cc2)C1=O. The molecule has 128 valence electrons. The van der Waals surface area contributed by atoms with E-state index >= 15 is 0 Å². The Bertz CT molecular complexity index is 865. The highest BCUT2D eigenvalue weighted by atomic mass is 79.9. The molecule has 2 amide bonds. The molecular formula is C18H13Br2NO3S. The normalized spacial score (nSPS) is 16.0. The van der Waals surface area contributed by atoms with Gasteiger partial charge in [-0.3, -0.25) is 14.5 Å². The molecule has 1 fully saturated rings. The predicted octanol–water partition coefficient (Wildman–Crippen LogP) is 5.46. The van der Waals surface area contributed by atoms with Crippen molar-refractivity contribution in [1.82, 2.24) is 4.90 Å². The van der Waals surface area contributed by atoms with Gasteiger partial charge in [-0.05, 0) is 53.7 Å². The van der Waals surface area contributed by atoms with E-state index in [9.17, 15) is 9.59 Å². The van der Waals surface area contributed by atoms with Crippen LogP contribution in [0.25, 0.3) is 6.08 Å². The van der Waals surface area contributed by atoms with Crippen molar-refractivity contribution < 1.29 is 14.3 Å². The van der Waals surface area contributed by atoms with E-state index in [1.165, 1.54) is 4.90 Å². The van der Waals surface area contributed by atoms with Crippen LogP contribution in [-0.2, 0) is 11.3 Å². The summed E-state index contributed by atoms with van der Waals surface area (Å²) < 4.78 is 7.14. The van der Waals surface area contributed by atoms with Crippen molar-refractivity contribution in [3.05, 3.63) is 67.4 Å². The van der Waals surface area contributed by atoms with Crippen LogP contribution < -0.4 is 4.74 Å². The van der Waals surface area contributed by atoms with Gasteiger partial charge in [0.1, 0.15) is 5.75 Å². The third-order valence-electron chi connectivity index (χ3n) is 3.61. The molecule has 0 N–H and O–H groups in total. The molecule has 2 aromatic carbocycles. The molecular weight excluding hydrogens is 470 g/mol. The second-order valence-corrected chi connectivity index (χ2v) is 8.11. The molecule has 1 heterocycles. The molecule has 7 heteroatoms. The number of halogens is 2. The summed E-state index contributed by atoms with van der Waals surface area (Å²) in [7, 11) is 1.57. The number of ether oxygens (including phenoxy) is 1. The molecule has 0 bridgehead atoms. The summed E-state index contributed by atoms with van der Waals surface area (Å²) in [5.74, 6) is 0.350. The van der Waals surface area contributed by atoms with Crippen LogP contribution in [0.2, 0.25) is 0 Å². The maximum absolute atomic E-state index is 12.6. The molecule has 4 nitrogen and oxygen atoms in total. The highest BCUT2D eigenvalue weighted by Crippen LogP contribution is 2.35. The Morgan fingerprint density at radius 1 is 1.08 bits per heavy atom. The number of hydrogen-bond donors (Lipinski definition) is 0. The van der Waals surface area contributed by atoms with Gasteiger partial charge < -0.3 is 4.74 Å². The summed E-state index contributed by atoms with van der Waals surface area (Å²) in [4.78, 5) is 26.5. The molecule has 25 heavy (non-hydrogen) atoms. The van der Waals surface area contributed by atoms with Gasteiger partial charge in [0.25, 0.3) is 11.1 Å². The first kappa shape index (κ1) is 18.2. The van der Waals surface area contributed by atoms with E-state index in [0.717, 1.165) is 31.8 Å². The molecule has 0 atom stereocenters. The molecule has 1 aliphatic rings. The maximum Gasteiger partial charge on any atom is 0.293 e. The monoisotopic (exact) mass is 481 g/mol. The van der Waals surface area contributed by atoms with Crippen molar-refractivity contribution in [2.45, 2.75) is 6.54 Å². The summed E-state index contributed by atoms with van der Waals surface area (Å²) in [5.41, 5.74) is 1.64. The number of benzene rings is 2. The second kappa shape index (κ2) is 7.76. The van der Waals surface area contributed by atoms with Gasteiger partial charge in [-0.1, -0.05) is 44.0 Å². The smallest absolute Gasteiger partial charge is 0.293 e. The Morgan fingerprint density at radius 2 is 1.76 bits per heavy atom. The molecule has 1 saturated heterocycles. The molecule has 0 aromatic heterocycles. The Hall–Kier alpha value is -1.57. The number of hydrogen-bond acceptors (Lipinski definition) is 4. The van der Waals surface area contributed by atoms with Crippen LogP contribution in [0.4, 0.5) is 4.79 Å². The first-order valence-electron chi connectivity index (χ1n) is 7.31. The van der Waals surface area contributed by atoms with Crippen LogP contribution in [0.15, 0.2) is 56.3 Å². The fraction of sp³-hybridized carbons (Fsp3) is 0.111. The fourth-order valence-electron chi connectivity index (χ4n) is 2.37. The number of imide groups is 1. The van der Waals surface area contributed by atoms with E-state index in [4.69, 9.17) is 4.74 Å². The van der Waals surface area contributed by atoms with Gasteiger partial charge in [-0.2, -0.15) is 0 Å². The lowest BCUT2D eigenvalue weighted by atomic mass is 10.1. The Labute approximate surface area is 166 Å². The largest absolute Gasteiger partial charge is 0.496 e. The van der Waals surface area contributed by atoms with E-state index in [0.29, 0.717) is 10.7 Å². The Morgan fingerprint density at radius 3 is 2.44 bits per heavy atom. The standard InChI is InChI=1S/C18H13Br2NO3S/c1-24-15-7-6-14(20)8-12(15)9-16-17(22)21(18(23)25-16)10-11-2-4-13(19)5-3-11/h2-9H,10H2,1H3/b16-9-. The second-order valence-electron chi connectivity index (χ2n) is 5.28. The molecule has 1 aliphatic heterocycles. The van der Waals surface area contributed by atoms with Crippen molar-refractivity contribution in [2.24, 2.45) is 0 Å². The number of methoxy groups -OCH3 is 1. The third-order valence-corrected chi connectivity index (χ3v) is 5.54. The summed E-state index contributed by atoms with van der Waals surface area (Å²) >= 11 is 7.72. The van der Waals surface area contributed by atoms with Crippen molar-refractivity contribution >= 4 is 60.8 Å². The fourth-order valence-corrected chi connectivity index (χ4v) is 3.84. The van der Waals surface area contributed by atoms with Crippen molar-refractivity contribution in [3.8, 4) is 5.75 Å². The zero-order valence-electron chi connectivity index (χ0n) is 13.2. The van der Waals surface area contributed by atoms with Crippen LogP contribution >= 0.6 is 43.6 Å². The zero-order valence-corrected chi connectivity index (χ0v) is 17.2. The van der Waals surface area contributed by atoms with Gasteiger partial charge in [0.15, 0.2) is 0 Å². The minimum atomic E-state index is -0.292. The van der Waals surface area contributed by atoms with E-state index in [2.05, 4.69) is 31.9 Å². The topological polar surface area (TPSA) is 46.6 Å². The van der Waals surface area contributed by atoms with E-state index in [1.807, 2.05) is 42.5 Å². The average Bonchev–Trinajstić information content (AvgIpc) is 2.84. The van der Waals surface area contributed by atoms with Crippen LogP contribution in [0, 0.1) is 0 Å². The highest BCUT2D eigenvalue weighted by molar-refractivity contribution is 9.10. The lowest BCUT2D eigenvalue weighted by molar-refractivity contribution is -0.123. The number of rotatable bonds is 4. The number of carbonyl (C=O) groups excluding carboxylic acids is 2. The predicted molar refractivity (Wildman–Crippen MR) is 106 cm³/mol. The lowest BCUT2D eigenvalue weighted by Gasteiger charge is -2.12. The summed E-state index contributed by atoms with van der Waals surface area (Å²) in [5, 5.41) is -0.270. The number of amides is 2. The van der Waals surface area contributed by atoms with Crippen LogP contribution in [0.5, 0.6) is 5.75 Å². The van der Waals surface area contributed by atoms with Gasteiger partial charge in [-0.25, -0.2) is 0 Å². The number of thioether (sulfide) groups is 1. The van der Waals surface area contributed by atoms with Crippen molar-refractivity contribution in [2.75, 3.05) is 7.11 Å².